The number of nitrogens with one attached hydrogen (secondary N) is 2. The molecule has 1 aliphatic heterocycles. The molecule has 1 saturated heterocycles. The number of carbonyl (C=O) groups is 1. The summed E-state index contributed by atoms with van der Waals surface area (Å²) < 4.78 is 5.63. The number of hydrogen-bond donors (Lipinski definition) is 2. The van der Waals surface area contributed by atoms with Crippen LogP contribution in [-0.4, -0.2) is 31.6 Å². The molecule has 1 heterocycles. The molecule has 1 amide bonds. The first-order valence-corrected chi connectivity index (χ1v) is 6.84. The Balaban J connectivity index is 1.71. The Morgan fingerprint density at radius 3 is 2.74 bits per heavy atom. The van der Waals surface area contributed by atoms with E-state index in [-0.39, 0.29) is 11.9 Å². The molecule has 4 heteroatoms. The molecule has 19 heavy (non-hydrogen) atoms. The van der Waals surface area contributed by atoms with Gasteiger partial charge in [0, 0.05) is 12.6 Å². The van der Waals surface area contributed by atoms with Gasteiger partial charge >= 0.3 is 0 Å². The van der Waals surface area contributed by atoms with Crippen LogP contribution in [0.15, 0.2) is 18.2 Å². The van der Waals surface area contributed by atoms with Crippen LogP contribution in [0.3, 0.4) is 0 Å². The summed E-state index contributed by atoms with van der Waals surface area (Å²) in [6.07, 6.45) is 1.42. The SMILES string of the molecule is Cc1cc(C)cc(OCCC(=O)NC2CCNC2)c1. The lowest BCUT2D eigenvalue weighted by molar-refractivity contribution is -0.122. The third kappa shape index (κ3) is 4.56. The average Bonchev–Trinajstić information content (AvgIpc) is 2.80. The van der Waals surface area contributed by atoms with Crippen molar-refractivity contribution in [2.45, 2.75) is 32.7 Å². The maximum atomic E-state index is 11.7. The topological polar surface area (TPSA) is 50.4 Å². The molecule has 2 N–H and O–H groups in total. The number of carbonyl (C=O) groups excluding carboxylic acids is 1. The summed E-state index contributed by atoms with van der Waals surface area (Å²) in [7, 11) is 0. The van der Waals surface area contributed by atoms with Crippen molar-refractivity contribution in [1.29, 1.82) is 0 Å². The first-order valence-electron chi connectivity index (χ1n) is 6.84. The van der Waals surface area contributed by atoms with E-state index in [1.54, 1.807) is 0 Å². The molecule has 0 aliphatic carbocycles. The van der Waals surface area contributed by atoms with E-state index in [0.717, 1.165) is 25.3 Å². The fourth-order valence-corrected chi connectivity index (χ4v) is 2.36. The van der Waals surface area contributed by atoms with Crippen molar-refractivity contribution in [3.63, 3.8) is 0 Å². The standard InChI is InChI=1S/C15H22N2O2/c1-11-7-12(2)9-14(8-11)19-6-4-15(18)17-13-3-5-16-10-13/h7-9,13,16H,3-6,10H2,1-2H3,(H,17,18). The highest BCUT2D eigenvalue weighted by atomic mass is 16.5. The van der Waals surface area contributed by atoms with Gasteiger partial charge in [-0.2, -0.15) is 0 Å². The van der Waals surface area contributed by atoms with E-state index in [4.69, 9.17) is 4.74 Å². The first-order chi connectivity index (χ1) is 9.13. The highest BCUT2D eigenvalue weighted by Gasteiger charge is 2.16. The normalized spacial score (nSPS) is 18.3. The van der Waals surface area contributed by atoms with Crippen molar-refractivity contribution in [3.8, 4) is 5.75 Å². The molecule has 1 aromatic rings. The van der Waals surface area contributed by atoms with Crippen LogP contribution in [0.2, 0.25) is 0 Å². The van der Waals surface area contributed by atoms with Gasteiger partial charge < -0.3 is 15.4 Å². The van der Waals surface area contributed by atoms with Crippen molar-refractivity contribution < 1.29 is 9.53 Å². The van der Waals surface area contributed by atoms with Gasteiger partial charge in [0.05, 0.1) is 13.0 Å². The van der Waals surface area contributed by atoms with E-state index < -0.39 is 0 Å². The monoisotopic (exact) mass is 262 g/mol. The molecule has 0 aromatic heterocycles. The number of rotatable bonds is 5. The Kier molecular flexibility index (Phi) is 4.80. The molecular formula is C15H22N2O2. The van der Waals surface area contributed by atoms with Crippen LogP contribution in [0.4, 0.5) is 0 Å². The maximum Gasteiger partial charge on any atom is 0.223 e. The first kappa shape index (κ1) is 13.9. The molecule has 2 rings (SSSR count). The minimum atomic E-state index is 0.0677. The fourth-order valence-electron chi connectivity index (χ4n) is 2.36. The van der Waals surface area contributed by atoms with Crippen molar-refractivity contribution in [3.05, 3.63) is 29.3 Å². The molecular weight excluding hydrogens is 240 g/mol. The lowest BCUT2D eigenvalue weighted by Gasteiger charge is -2.12. The largest absolute Gasteiger partial charge is 0.493 e. The Morgan fingerprint density at radius 1 is 1.37 bits per heavy atom. The number of ether oxygens (including phenoxy) is 1. The summed E-state index contributed by atoms with van der Waals surface area (Å²) in [5.74, 6) is 0.908. The molecule has 1 aromatic carbocycles. The van der Waals surface area contributed by atoms with Gasteiger partial charge in [-0.25, -0.2) is 0 Å². The molecule has 0 radical (unpaired) electrons. The zero-order valence-electron chi connectivity index (χ0n) is 11.7. The van der Waals surface area contributed by atoms with Gasteiger partial charge in [0.15, 0.2) is 0 Å². The van der Waals surface area contributed by atoms with Crippen LogP contribution in [-0.2, 0) is 4.79 Å². The zero-order valence-corrected chi connectivity index (χ0v) is 11.7. The van der Waals surface area contributed by atoms with Gasteiger partial charge in [0.1, 0.15) is 5.75 Å². The quantitative estimate of drug-likeness (QED) is 0.846. The van der Waals surface area contributed by atoms with Crippen molar-refractivity contribution >= 4 is 5.91 Å². The molecule has 0 saturated carbocycles. The molecule has 1 unspecified atom stereocenters. The number of benzene rings is 1. The average molecular weight is 262 g/mol. The van der Waals surface area contributed by atoms with Gasteiger partial charge in [-0.3, -0.25) is 4.79 Å². The van der Waals surface area contributed by atoms with Crippen molar-refractivity contribution in [1.82, 2.24) is 10.6 Å². The summed E-state index contributed by atoms with van der Waals surface area (Å²) in [5, 5.41) is 6.23. The van der Waals surface area contributed by atoms with Crippen LogP contribution < -0.4 is 15.4 Å². The van der Waals surface area contributed by atoms with E-state index in [9.17, 15) is 4.79 Å². The summed E-state index contributed by atoms with van der Waals surface area (Å²) in [6.45, 7) is 6.38. The zero-order chi connectivity index (χ0) is 13.7. The summed E-state index contributed by atoms with van der Waals surface area (Å²) in [5.41, 5.74) is 2.35. The number of amides is 1. The second-order valence-corrected chi connectivity index (χ2v) is 5.18. The highest BCUT2D eigenvalue weighted by molar-refractivity contribution is 5.76. The predicted octanol–water partition coefficient (Wildman–Crippen LogP) is 1.55. The van der Waals surface area contributed by atoms with E-state index in [2.05, 4.69) is 16.7 Å². The number of hydrogen-bond acceptors (Lipinski definition) is 3. The van der Waals surface area contributed by atoms with Crippen LogP contribution in [0.1, 0.15) is 24.0 Å². The second kappa shape index (κ2) is 6.57. The van der Waals surface area contributed by atoms with Crippen LogP contribution in [0.5, 0.6) is 5.75 Å². The summed E-state index contributed by atoms with van der Waals surface area (Å²) >= 11 is 0. The third-order valence-electron chi connectivity index (χ3n) is 3.22. The number of aryl methyl sites for hydroxylation is 2. The minimum Gasteiger partial charge on any atom is -0.493 e. The van der Waals surface area contributed by atoms with E-state index in [0.29, 0.717) is 13.0 Å². The molecule has 4 nitrogen and oxygen atoms in total. The Labute approximate surface area is 114 Å². The fraction of sp³-hybridized carbons (Fsp3) is 0.533. The van der Waals surface area contributed by atoms with Crippen LogP contribution in [0, 0.1) is 13.8 Å². The van der Waals surface area contributed by atoms with Gasteiger partial charge in [0.25, 0.3) is 0 Å². The molecule has 1 aliphatic rings. The van der Waals surface area contributed by atoms with Gasteiger partial charge in [-0.15, -0.1) is 0 Å². The molecule has 1 atom stereocenters. The second-order valence-electron chi connectivity index (χ2n) is 5.18. The summed E-state index contributed by atoms with van der Waals surface area (Å²) in [4.78, 5) is 11.7. The maximum absolute atomic E-state index is 11.7. The third-order valence-corrected chi connectivity index (χ3v) is 3.22. The lowest BCUT2D eigenvalue weighted by Crippen LogP contribution is -2.36. The van der Waals surface area contributed by atoms with Gasteiger partial charge in [-0.1, -0.05) is 6.07 Å². The van der Waals surface area contributed by atoms with E-state index >= 15 is 0 Å². The predicted molar refractivity (Wildman–Crippen MR) is 75.4 cm³/mol. The lowest BCUT2D eigenvalue weighted by atomic mass is 10.1. The van der Waals surface area contributed by atoms with Crippen molar-refractivity contribution in [2.24, 2.45) is 0 Å². The Bertz CT molecular complexity index is 420. The minimum absolute atomic E-state index is 0.0677. The highest BCUT2D eigenvalue weighted by Crippen LogP contribution is 2.16. The van der Waals surface area contributed by atoms with E-state index in [1.165, 1.54) is 11.1 Å². The van der Waals surface area contributed by atoms with Crippen LogP contribution >= 0.6 is 0 Å². The smallest absolute Gasteiger partial charge is 0.223 e. The van der Waals surface area contributed by atoms with Gasteiger partial charge in [-0.05, 0) is 50.1 Å². The Morgan fingerprint density at radius 2 is 2.11 bits per heavy atom. The molecule has 0 spiro atoms. The Hall–Kier alpha value is -1.55. The van der Waals surface area contributed by atoms with E-state index in [1.807, 2.05) is 26.0 Å². The molecule has 0 bridgehead atoms. The molecule has 1 fully saturated rings. The summed E-state index contributed by atoms with van der Waals surface area (Å²) in [6, 6.07) is 6.37. The van der Waals surface area contributed by atoms with Gasteiger partial charge in [0.2, 0.25) is 5.91 Å². The molecule has 104 valence electrons. The van der Waals surface area contributed by atoms with Crippen LogP contribution in [0.25, 0.3) is 0 Å². The van der Waals surface area contributed by atoms with Crippen molar-refractivity contribution in [2.75, 3.05) is 19.7 Å².